The summed E-state index contributed by atoms with van der Waals surface area (Å²) in [6.07, 6.45) is 0.481. The summed E-state index contributed by atoms with van der Waals surface area (Å²) in [5, 5.41) is 2.43. The van der Waals surface area contributed by atoms with E-state index in [4.69, 9.17) is 6.42 Å². The van der Waals surface area contributed by atoms with E-state index in [0.29, 0.717) is 11.3 Å². The first-order valence-electron chi connectivity index (χ1n) is 7.03. The van der Waals surface area contributed by atoms with Crippen LogP contribution in [0.3, 0.4) is 0 Å². The number of benzene rings is 1. The van der Waals surface area contributed by atoms with E-state index < -0.39 is 23.4 Å². The van der Waals surface area contributed by atoms with Crippen LogP contribution in [-0.4, -0.2) is 17.3 Å². The largest absolute Gasteiger partial charge is 0.436 e. The summed E-state index contributed by atoms with van der Waals surface area (Å²) in [6.45, 7) is -0.201. The van der Waals surface area contributed by atoms with Gasteiger partial charge >= 0.3 is 12.3 Å². The van der Waals surface area contributed by atoms with Crippen LogP contribution >= 0.6 is 0 Å². The van der Waals surface area contributed by atoms with Crippen LogP contribution in [0.25, 0.3) is 0 Å². The number of carbonyl (C=O) groups is 1. The highest BCUT2D eigenvalue weighted by atomic mass is 19.4. The maximum Gasteiger partial charge on any atom is 0.417 e. The number of pyridine rings is 1. The van der Waals surface area contributed by atoms with E-state index in [-0.39, 0.29) is 13.2 Å². The number of amides is 1. The summed E-state index contributed by atoms with van der Waals surface area (Å²) in [7, 11) is 0. The van der Waals surface area contributed by atoms with Gasteiger partial charge in [-0.2, -0.15) is 13.2 Å². The number of nitrogens with zero attached hydrogens (tertiary/aromatic N) is 1. The van der Waals surface area contributed by atoms with Crippen molar-refractivity contribution in [2.75, 3.05) is 11.9 Å². The maximum atomic E-state index is 12.7. The normalized spacial score (nSPS) is 10.8. The van der Waals surface area contributed by atoms with Crippen molar-refractivity contribution in [3.63, 3.8) is 0 Å². The van der Waals surface area contributed by atoms with Gasteiger partial charge in [-0.1, -0.05) is 18.1 Å². The minimum atomic E-state index is -4.53. The summed E-state index contributed by atoms with van der Waals surface area (Å²) in [5.74, 6) is 2.15. The molecule has 0 fully saturated rings. The fraction of sp³-hybridized carbons (Fsp3) is 0.176. The second kappa shape index (κ2) is 7.57. The molecule has 0 aliphatic carbocycles. The number of hydrogen-bond donors (Lipinski definition) is 1. The second-order valence-electron chi connectivity index (χ2n) is 4.98. The highest BCUT2D eigenvalue weighted by molar-refractivity contribution is 5.84. The molecule has 0 atom stereocenters. The van der Waals surface area contributed by atoms with Crippen LogP contribution in [0.5, 0.6) is 0 Å². The van der Waals surface area contributed by atoms with Crippen molar-refractivity contribution in [1.82, 2.24) is 4.57 Å². The van der Waals surface area contributed by atoms with E-state index >= 15 is 0 Å². The molecule has 2 rings (SSSR count). The van der Waals surface area contributed by atoms with Crippen LogP contribution in [0, 0.1) is 12.3 Å². The van der Waals surface area contributed by atoms with Gasteiger partial charge in [0, 0.05) is 18.0 Å². The molecular formula is C17H13F3N2O3. The molecule has 0 spiro atoms. The molecule has 0 aliphatic rings. The minimum absolute atomic E-state index is 0.0371. The van der Waals surface area contributed by atoms with Crippen LogP contribution in [0.2, 0.25) is 0 Å². The predicted molar refractivity (Wildman–Crippen MR) is 85.1 cm³/mol. The molecule has 1 aromatic carbocycles. The number of hydrogen-bond acceptors (Lipinski definition) is 3. The topological polar surface area (TPSA) is 60.3 Å². The SMILES string of the molecule is C#CCOC(=O)Nc1ccc(Cn2cc(C(F)(F)F)ccc2=O)cc1. The Morgan fingerprint density at radius 3 is 2.48 bits per heavy atom. The van der Waals surface area contributed by atoms with Crippen LogP contribution in [0.15, 0.2) is 47.4 Å². The van der Waals surface area contributed by atoms with E-state index in [9.17, 15) is 22.8 Å². The molecule has 1 N–H and O–H groups in total. The molecule has 130 valence electrons. The standard InChI is InChI=1S/C17H13F3N2O3/c1-2-9-25-16(24)21-14-6-3-12(4-7-14)10-22-11-13(17(18,19)20)5-8-15(22)23/h1,3-8,11H,9-10H2,(H,21,24). The molecule has 0 saturated heterocycles. The van der Waals surface area contributed by atoms with Crippen molar-refractivity contribution < 1.29 is 22.7 Å². The highest BCUT2D eigenvalue weighted by Crippen LogP contribution is 2.28. The summed E-state index contributed by atoms with van der Waals surface area (Å²) >= 11 is 0. The molecule has 5 nitrogen and oxygen atoms in total. The van der Waals surface area contributed by atoms with Gasteiger partial charge in [-0.05, 0) is 23.8 Å². The van der Waals surface area contributed by atoms with Gasteiger partial charge < -0.3 is 9.30 Å². The third kappa shape index (κ3) is 5.14. The van der Waals surface area contributed by atoms with Gasteiger partial charge in [0.15, 0.2) is 6.61 Å². The predicted octanol–water partition coefficient (Wildman–Crippen LogP) is 3.10. The Morgan fingerprint density at radius 2 is 1.88 bits per heavy atom. The summed E-state index contributed by atoms with van der Waals surface area (Å²) in [5.41, 5.74) is -0.444. The summed E-state index contributed by atoms with van der Waals surface area (Å²) in [4.78, 5) is 23.1. The molecule has 0 aliphatic heterocycles. The van der Waals surface area contributed by atoms with Gasteiger partial charge in [-0.15, -0.1) is 6.42 Å². The average Bonchev–Trinajstić information content (AvgIpc) is 2.55. The molecule has 25 heavy (non-hydrogen) atoms. The number of rotatable bonds is 4. The Hall–Kier alpha value is -3.21. The zero-order valence-corrected chi connectivity index (χ0v) is 12.8. The molecule has 8 heteroatoms. The first-order chi connectivity index (χ1) is 11.8. The van der Waals surface area contributed by atoms with E-state index in [2.05, 4.69) is 16.0 Å². The fourth-order valence-electron chi connectivity index (χ4n) is 1.97. The smallest absolute Gasteiger partial charge is 0.417 e. The Balaban J connectivity index is 2.10. The molecule has 0 unspecified atom stereocenters. The molecule has 2 aromatic rings. The fourth-order valence-corrected chi connectivity index (χ4v) is 1.97. The van der Waals surface area contributed by atoms with Crippen LogP contribution < -0.4 is 10.9 Å². The Kier molecular flexibility index (Phi) is 5.49. The Labute approximate surface area is 141 Å². The van der Waals surface area contributed by atoms with Crippen molar-refractivity contribution in [1.29, 1.82) is 0 Å². The highest BCUT2D eigenvalue weighted by Gasteiger charge is 2.31. The number of anilines is 1. The van der Waals surface area contributed by atoms with Crippen LogP contribution in [0.4, 0.5) is 23.7 Å². The molecule has 1 amide bonds. The van der Waals surface area contributed by atoms with Crippen molar-refractivity contribution in [3.05, 3.63) is 64.1 Å². The third-order valence-corrected chi connectivity index (χ3v) is 3.15. The summed E-state index contributed by atoms with van der Waals surface area (Å²) < 4.78 is 43.8. The van der Waals surface area contributed by atoms with Gasteiger partial charge in [0.2, 0.25) is 0 Å². The number of alkyl halides is 3. The average molecular weight is 350 g/mol. The Morgan fingerprint density at radius 1 is 1.20 bits per heavy atom. The van der Waals surface area contributed by atoms with Gasteiger partial charge in [-0.3, -0.25) is 10.1 Å². The van der Waals surface area contributed by atoms with E-state index in [1.54, 1.807) is 12.1 Å². The number of ether oxygens (including phenoxy) is 1. The van der Waals surface area contributed by atoms with Crippen LogP contribution in [0.1, 0.15) is 11.1 Å². The first kappa shape index (κ1) is 18.1. The zero-order chi connectivity index (χ0) is 18.4. The number of aromatic nitrogens is 1. The van der Waals surface area contributed by atoms with Crippen LogP contribution in [-0.2, 0) is 17.5 Å². The van der Waals surface area contributed by atoms with E-state index in [1.165, 1.54) is 12.1 Å². The molecular weight excluding hydrogens is 337 g/mol. The monoisotopic (exact) mass is 350 g/mol. The van der Waals surface area contributed by atoms with Gasteiger partial charge in [0.05, 0.1) is 12.1 Å². The molecule has 0 saturated carbocycles. The Bertz CT molecular complexity index is 849. The number of nitrogens with one attached hydrogen (secondary N) is 1. The van der Waals surface area contributed by atoms with Crippen molar-refractivity contribution >= 4 is 11.8 Å². The van der Waals surface area contributed by atoms with E-state index in [0.717, 1.165) is 22.9 Å². The lowest BCUT2D eigenvalue weighted by Crippen LogP contribution is -2.21. The lowest BCUT2D eigenvalue weighted by molar-refractivity contribution is -0.138. The first-order valence-corrected chi connectivity index (χ1v) is 7.03. The lowest BCUT2D eigenvalue weighted by atomic mass is 10.2. The third-order valence-electron chi connectivity index (χ3n) is 3.15. The second-order valence-corrected chi connectivity index (χ2v) is 4.98. The molecule has 0 radical (unpaired) electrons. The molecule has 1 heterocycles. The maximum absolute atomic E-state index is 12.7. The van der Waals surface area contributed by atoms with E-state index in [1.807, 2.05) is 0 Å². The van der Waals surface area contributed by atoms with Gasteiger partial charge in [0.1, 0.15) is 0 Å². The zero-order valence-electron chi connectivity index (χ0n) is 12.8. The molecule has 0 bridgehead atoms. The number of carbonyl (C=O) groups excluding carboxylic acids is 1. The van der Waals surface area contributed by atoms with Crippen molar-refractivity contribution in [3.8, 4) is 12.3 Å². The van der Waals surface area contributed by atoms with Crippen molar-refractivity contribution in [2.45, 2.75) is 12.7 Å². The lowest BCUT2D eigenvalue weighted by Gasteiger charge is -2.11. The van der Waals surface area contributed by atoms with Gasteiger partial charge in [-0.25, -0.2) is 4.79 Å². The van der Waals surface area contributed by atoms with Crippen molar-refractivity contribution in [2.24, 2.45) is 0 Å². The van der Waals surface area contributed by atoms with Gasteiger partial charge in [0.25, 0.3) is 5.56 Å². The minimum Gasteiger partial charge on any atom is -0.436 e. The molecule has 1 aromatic heterocycles. The number of halogens is 3. The summed E-state index contributed by atoms with van der Waals surface area (Å²) in [6, 6.07) is 7.83. The number of terminal acetylenes is 1. The quantitative estimate of drug-likeness (QED) is 0.862.